The van der Waals surface area contributed by atoms with Gasteiger partial charge < -0.3 is 9.32 Å². The third kappa shape index (κ3) is 3.74. The first-order valence-corrected chi connectivity index (χ1v) is 8.86. The summed E-state index contributed by atoms with van der Waals surface area (Å²) in [7, 11) is 0. The Balaban J connectivity index is 1.52. The summed E-state index contributed by atoms with van der Waals surface area (Å²) in [4.78, 5) is 18.8. The Morgan fingerprint density at radius 1 is 1.15 bits per heavy atom. The number of oxazole rings is 1. The van der Waals surface area contributed by atoms with Crippen LogP contribution in [-0.4, -0.2) is 22.3 Å². The summed E-state index contributed by atoms with van der Waals surface area (Å²) in [5.74, 6) is 0.103. The lowest BCUT2D eigenvalue weighted by atomic mass is 10.1. The van der Waals surface area contributed by atoms with E-state index in [1.54, 1.807) is 23.2 Å². The van der Waals surface area contributed by atoms with Gasteiger partial charge in [-0.1, -0.05) is 18.2 Å². The van der Waals surface area contributed by atoms with E-state index >= 15 is 0 Å². The van der Waals surface area contributed by atoms with Gasteiger partial charge in [-0.05, 0) is 48.7 Å². The van der Waals surface area contributed by atoms with Crippen molar-refractivity contribution in [1.82, 2.24) is 9.88 Å². The van der Waals surface area contributed by atoms with Gasteiger partial charge in [0.2, 0.25) is 5.89 Å². The van der Waals surface area contributed by atoms with Crippen LogP contribution in [0.1, 0.15) is 46.5 Å². The van der Waals surface area contributed by atoms with Crippen molar-refractivity contribution in [2.45, 2.75) is 25.3 Å². The van der Waals surface area contributed by atoms with Crippen LogP contribution in [0.2, 0.25) is 0 Å². The third-order valence-electron chi connectivity index (χ3n) is 4.71. The lowest BCUT2D eigenvalue weighted by Gasteiger charge is -2.22. The number of benzene rings is 2. The monoisotopic (exact) mass is 368 g/mol. The average Bonchev–Trinajstić information content (AvgIpc) is 3.30. The summed E-state index contributed by atoms with van der Waals surface area (Å²) in [5.41, 5.74) is 1.10. The Hall–Kier alpha value is -3.02. The van der Waals surface area contributed by atoms with E-state index in [2.05, 4.69) is 4.98 Å². The number of likely N-dealkylation sites (tertiary alicyclic amines) is 1. The molecule has 6 heteroatoms. The number of aromatic nitrogens is 1. The Morgan fingerprint density at radius 3 is 2.70 bits per heavy atom. The summed E-state index contributed by atoms with van der Waals surface area (Å²) >= 11 is 0. The van der Waals surface area contributed by atoms with Crippen LogP contribution in [0.5, 0.6) is 0 Å². The van der Waals surface area contributed by atoms with E-state index in [1.165, 1.54) is 30.3 Å². The molecule has 0 radical (unpaired) electrons. The van der Waals surface area contributed by atoms with E-state index in [0.29, 0.717) is 30.2 Å². The molecule has 2 heterocycles. The predicted molar refractivity (Wildman–Crippen MR) is 95.1 cm³/mol. The van der Waals surface area contributed by atoms with Crippen molar-refractivity contribution in [3.05, 3.63) is 89.1 Å². The van der Waals surface area contributed by atoms with Crippen molar-refractivity contribution in [1.29, 1.82) is 0 Å². The molecule has 138 valence electrons. The molecule has 1 atom stereocenters. The van der Waals surface area contributed by atoms with Crippen LogP contribution in [0.3, 0.4) is 0 Å². The molecule has 1 amide bonds. The van der Waals surface area contributed by atoms with Crippen LogP contribution in [0.15, 0.2) is 59.1 Å². The minimum absolute atomic E-state index is 0.234. The highest BCUT2D eigenvalue weighted by Crippen LogP contribution is 2.33. The molecule has 1 aliphatic heterocycles. The van der Waals surface area contributed by atoms with Crippen molar-refractivity contribution < 1.29 is 18.0 Å². The van der Waals surface area contributed by atoms with Crippen LogP contribution >= 0.6 is 0 Å². The third-order valence-corrected chi connectivity index (χ3v) is 4.71. The van der Waals surface area contributed by atoms with Gasteiger partial charge in [0, 0.05) is 18.5 Å². The summed E-state index contributed by atoms with van der Waals surface area (Å²) in [5, 5.41) is 0. The molecule has 0 aliphatic carbocycles. The van der Waals surface area contributed by atoms with Gasteiger partial charge in [0.15, 0.2) is 0 Å². The molecule has 1 aromatic heterocycles. The first kappa shape index (κ1) is 17.4. The highest BCUT2D eigenvalue weighted by atomic mass is 19.1. The Morgan fingerprint density at radius 2 is 1.93 bits per heavy atom. The molecule has 0 saturated carbocycles. The first-order chi connectivity index (χ1) is 13.1. The molecular formula is C21H18F2N2O2. The van der Waals surface area contributed by atoms with Gasteiger partial charge in [-0.15, -0.1) is 0 Å². The smallest absolute Gasteiger partial charge is 0.254 e. The van der Waals surface area contributed by atoms with E-state index in [-0.39, 0.29) is 17.8 Å². The van der Waals surface area contributed by atoms with Crippen molar-refractivity contribution in [2.24, 2.45) is 0 Å². The molecule has 0 spiro atoms. The minimum atomic E-state index is -0.440. The zero-order valence-corrected chi connectivity index (χ0v) is 14.6. The van der Waals surface area contributed by atoms with E-state index in [1.807, 2.05) is 6.07 Å². The molecule has 3 aromatic rings. The van der Waals surface area contributed by atoms with Crippen molar-refractivity contribution in [3.8, 4) is 0 Å². The SMILES string of the molecule is O=C(c1cccc(F)c1)N1CCC[C@H]1c1ncc(Cc2cccc(F)c2)o1. The topological polar surface area (TPSA) is 46.3 Å². The van der Waals surface area contributed by atoms with Gasteiger partial charge in [-0.3, -0.25) is 4.79 Å². The number of nitrogens with zero attached hydrogens (tertiary/aromatic N) is 2. The molecule has 2 aromatic carbocycles. The molecule has 1 fully saturated rings. The van der Waals surface area contributed by atoms with Gasteiger partial charge in [0.25, 0.3) is 5.91 Å². The lowest BCUT2D eigenvalue weighted by Crippen LogP contribution is -2.30. The maximum absolute atomic E-state index is 13.4. The van der Waals surface area contributed by atoms with Gasteiger partial charge in [-0.25, -0.2) is 13.8 Å². The molecular weight excluding hydrogens is 350 g/mol. The van der Waals surface area contributed by atoms with Gasteiger partial charge in [-0.2, -0.15) is 0 Å². The van der Waals surface area contributed by atoms with E-state index in [4.69, 9.17) is 4.42 Å². The predicted octanol–water partition coefficient (Wildman–Crippen LogP) is 4.52. The number of hydrogen-bond acceptors (Lipinski definition) is 3. The van der Waals surface area contributed by atoms with E-state index in [0.717, 1.165) is 18.4 Å². The Labute approximate surface area is 155 Å². The number of rotatable bonds is 4. The lowest BCUT2D eigenvalue weighted by molar-refractivity contribution is 0.0714. The second-order valence-corrected chi connectivity index (χ2v) is 6.64. The molecule has 4 rings (SSSR count). The van der Waals surface area contributed by atoms with Crippen LogP contribution in [-0.2, 0) is 6.42 Å². The average molecular weight is 368 g/mol. The molecule has 27 heavy (non-hydrogen) atoms. The van der Waals surface area contributed by atoms with Gasteiger partial charge in [0.05, 0.1) is 6.20 Å². The van der Waals surface area contributed by atoms with Crippen LogP contribution in [0.25, 0.3) is 0 Å². The van der Waals surface area contributed by atoms with E-state index in [9.17, 15) is 13.6 Å². The largest absolute Gasteiger partial charge is 0.443 e. The second kappa shape index (κ2) is 7.31. The molecule has 1 saturated heterocycles. The maximum atomic E-state index is 13.4. The summed E-state index contributed by atoms with van der Waals surface area (Å²) in [6, 6.07) is 11.7. The maximum Gasteiger partial charge on any atom is 0.254 e. The normalized spacial score (nSPS) is 16.7. The molecule has 0 N–H and O–H groups in total. The molecule has 0 unspecified atom stereocenters. The first-order valence-electron chi connectivity index (χ1n) is 8.86. The Bertz CT molecular complexity index is 970. The minimum Gasteiger partial charge on any atom is -0.443 e. The van der Waals surface area contributed by atoms with Crippen molar-refractivity contribution in [2.75, 3.05) is 6.54 Å². The number of amides is 1. The standard InChI is InChI=1S/C21H18F2N2O2/c22-16-6-1-4-14(10-16)11-18-13-24-20(27-18)19-8-3-9-25(19)21(26)15-5-2-7-17(23)12-15/h1-2,4-7,10,12-13,19H,3,8-9,11H2/t19-/m0/s1. The zero-order chi connectivity index (χ0) is 18.8. The number of carbonyl (C=O) groups excluding carboxylic acids is 1. The van der Waals surface area contributed by atoms with Gasteiger partial charge >= 0.3 is 0 Å². The second-order valence-electron chi connectivity index (χ2n) is 6.64. The fourth-order valence-electron chi connectivity index (χ4n) is 3.46. The number of carbonyl (C=O) groups is 1. The van der Waals surface area contributed by atoms with Crippen LogP contribution in [0, 0.1) is 11.6 Å². The van der Waals surface area contributed by atoms with Crippen LogP contribution in [0.4, 0.5) is 8.78 Å². The zero-order valence-electron chi connectivity index (χ0n) is 14.6. The highest BCUT2D eigenvalue weighted by Gasteiger charge is 2.34. The highest BCUT2D eigenvalue weighted by molar-refractivity contribution is 5.94. The molecule has 1 aliphatic rings. The van der Waals surface area contributed by atoms with Crippen molar-refractivity contribution in [3.63, 3.8) is 0 Å². The van der Waals surface area contributed by atoms with E-state index < -0.39 is 5.82 Å². The fraction of sp³-hybridized carbons (Fsp3) is 0.238. The Kier molecular flexibility index (Phi) is 4.71. The molecule has 4 nitrogen and oxygen atoms in total. The summed E-state index contributed by atoms with van der Waals surface area (Å²) in [6.45, 7) is 0.571. The van der Waals surface area contributed by atoms with Gasteiger partial charge in [0.1, 0.15) is 23.4 Å². The number of hydrogen-bond donors (Lipinski definition) is 0. The van der Waals surface area contributed by atoms with Crippen molar-refractivity contribution >= 4 is 5.91 Å². The fourth-order valence-corrected chi connectivity index (χ4v) is 3.46. The molecule has 0 bridgehead atoms. The summed E-state index contributed by atoms with van der Waals surface area (Å²) < 4.78 is 32.6. The van der Waals surface area contributed by atoms with Crippen LogP contribution < -0.4 is 0 Å². The quantitative estimate of drug-likeness (QED) is 0.680. The number of halogens is 2. The summed E-state index contributed by atoms with van der Waals surface area (Å²) in [6.07, 6.45) is 3.60.